The van der Waals surface area contributed by atoms with Crippen LogP contribution in [0, 0.1) is 0 Å². The van der Waals surface area contributed by atoms with Gasteiger partial charge in [-0.05, 0) is 25.6 Å². The summed E-state index contributed by atoms with van der Waals surface area (Å²) in [5.41, 5.74) is 4.85. The van der Waals surface area contributed by atoms with Crippen LogP contribution in [-0.2, 0) is 0 Å². The molecule has 0 unspecified atom stereocenters. The molecule has 0 rings (SSSR count). The second kappa shape index (κ2) is 11.7. The highest BCUT2D eigenvalue weighted by molar-refractivity contribution is 5.13. The lowest BCUT2D eigenvalue weighted by atomic mass is 10.4. The van der Waals surface area contributed by atoms with Crippen LogP contribution in [0.15, 0.2) is 36.6 Å². The lowest BCUT2D eigenvalue weighted by Crippen LogP contribution is -1.87. The Kier molecular flexibility index (Phi) is 13.5. The van der Waals surface area contributed by atoms with E-state index in [2.05, 4.69) is 6.58 Å². The molecule has 0 radical (unpaired) electrons. The first-order chi connectivity index (χ1) is 5.22. The van der Waals surface area contributed by atoms with Crippen LogP contribution in [0.1, 0.15) is 13.8 Å². The summed E-state index contributed by atoms with van der Waals surface area (Å²) in [6.45, 7) is 7.86. The molecule has 0 saturated heterocycles. The van der Waals surface area contributed by atoms with Crippen LogP contribution in [0.4, 0.5) is 0 Å². The highest BCUT2D eigenvalue weighted by Gasteiger charge is 1.73. The first-order valence-corrected chi connectivity index (χ1v) is 3.57. The number of aliphatic hydroxyl groups is 1. The number of hydrogen-bond donors (Lipinski definition) is 2. The van der Waals surface area contributed by atoms with E-state index in [1.54, 1.807) is 31.2 Å². The summed E-state index contributed by atoms with van der Waals surface area (Å²) in [4.78, 5) is 0. The minimum atomic E-state index is 0.268. The number of aliphatic hydroxyl groups excluding tert-OH is 1. The molecule has 0 spiro atoms. The van der Waals surface area contributed by atoms with Crippen molar-refractivity contribution >= 4 is 0 Å². The molecule has 0 amide bonds. The van der Waals surface area contributed by atoms with Crippen molar-refractivity contribution in [1.82, 2.24) is 0 Å². The van der Waals surface area contributed by atoms with Crippen LogP contribution >= 0.6 is 0 Å². The van der Waals surface area contributed by atoms with E-state index in [9.17, 15) is 0 Å². The Hall–Kier alpha value is -1.02. The maximum Gasteiger partial charge on any atom is 0.111 e. The van der Waals surface area contributed by atoms with Gasteiger partial charge in [-0.3, -0.25) is 0 Å². The summed E-state index contributed by atoms with van der Waals surface area (Å²) in [6.07, 6.45) is 6.47. The van der Waals surface area contributed by atoms with Crippen LogP contribution in [0.2, 0.25) is 0 Å². The minimum Gasteiger partial charge on any atom is -0.508 e. The number of nitrogens with two attached hydrogens (primary N) is 1. The van der Waals surface area contributed by atoms with Gasteiger partial charge in [0.05, 0.1) is 0 Å². The van der Waals surface area contributed by atoms with E-state index in [-0.39, 0.29) is 5.76 Å². The molecule has 0 atom stereocenters. The summed E-state index contributed by atoms with van der Waals surface area (Å²) in [7, 11) is 0. The van der Waals surface area contributed by atoms with Gasteiger partial charge in [-0.2, -0.15) is 0 Å². The first kappa shape index (κ1) is 12.6. The number of rotatable bonds is 2. The monoisotopic (exact) mass is 155 g/mol. The molecule has 0 aliphatic carbocycles. The Morgan fingerprint density at radius 3 is 2.36 bits per heavy atom. The highest BCUT2D eigenvalue weighted by Crippen LogP contribution is 1.88. The molecule has 0 bridgehead atoms. The number of hydrogen-bond acceptors (Lipinski definition) is 2. The SMILES string of the molecule is C=C/C=C\C(O)=C/C.CCN. The molecule has 0 aliphatic rings. The van der Waals surface area contributed by atoms with E-state index in [1.165, 1.54) is 0 Å². The van der Waals surface area contributed by atoms with Crippen molar-refractivity contribution in [2.24, 2.45) is 5.73 Å². The minimum absolute atomic E-state index is 0.268. The fraction of sp³-hybridized carbons (Fsp3) is 0.333. The Bertz CT molecular complexity index is 136. The zero-order chi connectivity index (χ0) is 9.11. The van der Waals surface area contributed by atoms with Gasteiger partial charge in [-0.25, -0.2) is 0 Å². The Morgan fingerprint density at radius 1 is 1.64 bits per heavy atom. The average molecular weight is 155 g/mol. The molecule has 11 heavy (non-hydrogen) atoms. The van der Waals surface area contributed by atoms with Crippen molar-refractivity contribution in [3.8, 4) is 0 Å². The van der Waals surface area contributed by atoms with Crippen molar-refractivity contribution in [2.75, 3.05) is 6.54 Å². The smallest absolute Gasteiger partial charge is 0.111 e. The van der Waals surface area contributed by atoms with Crippen LogP contribution in [-0.4, -0.2) is 11.7 Å². The Labute approximate surface area is 68.7 Å². The predicted molar refractivity (Wildman–Crippen MR) is 50.5 cm³/mol. The van der Waals surface area contributed by atoms with E-state index < -0.39 is 0 Å². The van der Waals surface area contributed by atoms with E-state index in [0.29, 0.717) is 0 Å². The fourth-order valence-corrected chi connectivity index (χ4v) is 0.263. The maximum absolute atomic E-state index is 8.72. The van der Waals surface area contributed by atoms with E-state index in [1.807, 2.05) is 6.92 Å². The Balaban J connectivity index is 0. The fourth-order valence-electron chi connectivity index (χ4n) is 0.263. The molecule has 0 aliphatic heterocycles. The van der Waals surface area contributed by atoms with Crippen molar-refractivity contribution < 1.29 is 5.11 Å². The quantitative estimate of drug-likeness (QED) is 0.474. The van der Waals surface area contributed by atoms with E-state index >= 15 is 0 Å². The molecule has 0 aromatic rings. The molecule has 0 heterocycles. The maximum atomic E-state index is 8.72. The molecule has 3 N–H and O–H groups in total. The third-order valence-corrected chi connectivity index (χ3v) is 0.699. The highest BCUT2D eigenvalue weighted by atomic mass is 16.3. The molecule has 2 nitrogen and oxygen atoms in total. The van der Waals surface area contributed by atoms with Gasteiger partial charge in [0.2, 0.25) is 0 Å². The summed E-state index contributed by atoms with van der Waals surface area (Å²) in [5, 5.41) is 8.72. The largest absolute Gasteiger partial charge is 0.508 e. The number of allylic oxidation sites excluding steroid dienone is 4. The molecule has 64 valence electrons. The van der Waals surface area contributed by atoms with Gasteiger partial charge in [-0.15, -0.1) is 0 Å². The topological polar surface area (TPSA) is 46.2 Å². The van der Waals surface area contributed by atoms with Gasteiger partial charge < -0.3 is 10.8 Å². The predicted octanol–water partition coefficient (Wildman–Crippen LogP) is 2.16. The molecule has 0 aromatic heterocycles. The summed E-state index contributed by atoms with van der Waals surface area (Å²) >= 11 is 0. The molecule has 2 heteroatoms. The van der Waals surface area contributed by atoms with E-state index in [4.69, 9.17) is 10.8 Å². The lowest BCUT2D eigenvalue weighted by molar-refractivity contribution is 0.431. The third-order valence-electron chi connectivity index (χ3n) is 0.699. The zero-order valence-corrected chi connectivity index (χ0v) is 7.25. The molecular formula is C9H17NO. The normalized spacial score (nSPS) is 10.6. The van der Waals surface area contributed by atoms with Gasteiger partial charge in [0.1, 0.15) is 5.76 Å². The summed E-state index contributed by atoms with van der Waals surface area (Å²) in [6, 6.07) is 0. The van der Waals surface area contributed by atoms with Crippen molar-refractivity contribution in [3.05, 3.63) is 36.6 Å². The van der Waals surface area contributed by atoms with Gasteiger partial charge >= 0.3 is 0 Å². The van der Waals surface area contributed by atoms with Crippen LogP contribution in [0.3, 0.4) is 0 Å². The zero-order valence-electron chi connectivity index (χ0n) is 7.25. The Morgan fingerprint density at radius 2 is 2.09 bits per heavy atom. The van der Waals surface area contributed by atoms with Crippen LogP contribution < -0.4 is 5.73 Å². The van der Waals surface area contributed by atoms with Gasteiger partial charge in [0.25, 0.3) is 0 Å². The molecule has 0 fully saturated rings. The van der Waals surface area contributed by atoms with Crippen LogP contribution in [0.25, 0.3) is 0 Å². The standard InChI is InChI=1S/C7H10O.C2H7N/c1-3-5-6-7(8)4-2;1-2-3/h3-6,8H,1H2,2H3;2-3H2,1H3/b6-5-,7-4+;. The molecular weight excluding hydrogens is 138 g/mol. The molecule has 0 saturated carbocycles. The third kappa shape index (κ3) is 17.6. The van der Waals surface area contributed by atoms with Crippen molar-refractivity contribution in [3.63, 3.8) is 0 Å². The summed E-state index contributed by atoms with van der Waals surface area (Å²) in [5.74, 6) is 0.268. The van der Waals surface area contributed by atoms with Crippen molar-refractivity contribution in [1.29, 1.82) is 0 Å². The van der Waals surface area contributed by atoms with Crippen LogP contribution in [0.5, 0.6) is 0 Å². The van der Waals surface area contributed by atoms with Gasteiger partial charge in [-0.1, -0.05) is 25.7 Å². The molecule has 0 aromatic carbocycles. The first-order valence-electron chi connectivity index (χ1n) is 3.57. The lowest BCUT2D eigenvalue weighted by Gasteiger charge is -1.82. The average Bonchev–Trinajstić information content (AvgIpc) is 2.02. The van der Waals surface area contributed by atoms with Crippen molar-refractivity contribution in [2.45, 2.75) is 13.8 Å². The summed E-state index contributed by atoms with van der Waals surface area (Å²) < 4.78 is 0. The second-order valence-electron chi connectivity index (χ2n) is 1.72. The van der Waals surface area contributed by atoms with Gasteiger partial charge in [0, 0.05) is 0 Å². The second-order valence-corrected chi connectivity index (χ2v) is 1.72. The van der Waals surface area contributed by atoms with Gasteiger partial charge in [0.15, 0.2) is 0 Å². The van der Waals surface area contributed by atoms with E-state index in [0.717, 1.165) is 6.54 Å².